The van der Waals surface area contributed by atoms with Crippen molar-refractivity contribution < 1.29 is 28.8 Å². The molecule has 0 saturated carbocycles. The van der Waals surface area contributed by atoms with Crippen LogP contribution in [0.4, 0.5) is 5.69 Å². The zero-order valence-electron chi connectivity index (χ0n) is 16.6. The summed E-state index contributed by atoms with van der Waals surface area (Å²) in [5.41, 5.74) is 2.03. The number of benzene rings is 2. The number of aromatic hydroxyl groups is 1. The van der Waals surface area contributed by atoms with Crippen molar-refractivity contribution in [1.82, 2.24) is 5.43 Å². The van der Waals surface area contributed by atoms with Crippen LogP contribution in [0.25, 0.3) is 11.3 Å². The molecule has 0 aliphatic heterocycles. The van der Waals surface area contributed by atoms with Gasteiger partial charge in [0.2, 0.25) is 5.75 Å². The van der Waals surface area contributed by atoms with Gasteiger partial charge in [-0.2, -0.15) is 5.10 Å². The lowest BCUT2D eigenvalue weighted by atomic mass is 10.1. The Bertz CT molecular complexity index is 1220. The van der Waals surface area contributed by atoms with Crippen molar-refractivity contribution >= 4 is 35.4 Å². The molecule has 2 N–H and O–H groups in total. The third-order valence-corrected chi connectivity index (χ3v) is 4.52. The molecule has 0 unspecified atom stereocenters. The summed E-state index contributed by atoms with van der Waals surface area (Å²) in [4.78, 5) is 34.2. The summed E-state index contributed by atoms with van der Waals surface area (Å²) >= 11 is 6.06. The van der Waals surface area contributed by atoms with Crippen molar-refractivity contribution in [1.29, 1.82) is 0 Å². The quantitative estimate of drug-likeness (QED) is 0.234. The first-order valence-corrected chi connectivity index (χ1v) is 9.56. The molecule has 1 heterocycles. The summed E-state index contributed by atoms with van der Waals surface area (Å²) in [5.74, 6) is -1.47. The molecule has 0 atom stereocenters. The molecular weight excluding hydrogens is 442 g/mol. The number of halogens is 1. The molecule has 11 heteroatoms. The first-order valence-electron chi connectivity index (χ1n) is 9.18. The maximum Gasteiger partial charge on any atom is 0.339 e. The largest absolute Gasteiger partial charge is 0.502 e. The van der Waals surface area contributed by atoms with Crippen LogP contribution in [0.2, 0.25) is 5.02 Å². The lowest BCUT2D eigenvalue weighted by Crippen LogP contribution is -2.17. The minimum absolute atomic E-state index is 0.196. The number of rotatable bonds is 7. The number of hydrogen-bond donors (Lipinski definition) is 2. The number of nitrogens with one attached hydrogen (secondary N) is 1. The van der Waals surface area contributed by atoms with Gasteiger partial charge in [0.25, 0.3) is 5.91 Å². The van der Waals surface area contributed by atoms with Gasteiger partial charge < -0.3 is 14.3 Å². The van der Waals surface area contributed by atoms with E-state index in [0.29, 0.717) is 11.3 Å². The molecule has 3 rings (SSSR count). The number of carbonyl (C=O) groups is 2. The highest BCUT2D eigenvalue weighted by molar-refractivity contribution is 6.33. The number of hydrazone groups is 1. The Hall–Kier alpha value is -4.18. The van der Waals surface area contributed by atoms with Crippen LogP contribution in [0.1, 0.15) is 33.4 Å². The molecule has 0 aliphatic carbocycles. The molecule has 32 heavy (non-hydrogen) atoms. The Balaban J connectivity index is 1.73. The zero-order chi connectivity index (χ0) is 23.3. The van der Waals surface area contributed by atoms with Crippen LogP contribution in [-0.2, 0) is 4.74 Å². The minimum Gasteiger partial charge on any atom is -0.502 e. The molecule has 0 saturated heterocycles. The summed E-state index contributed by atoms with van der Waals surface area (Å²) < 4.78 is 10.6. The third-order valence-electron chi connectivity index (χ3n) is 4.19. The van der Waals surface area contributed by atoms with E-state index in [-0.39, 0.29) is 28.5 Å². The summed E-state index contributed by atoms with van der Waals surface area (Å²) in [7, 11) is 0. The number of para-hydroxylation sites is 1. The van der Waals surface area contributed by atoms with Gasteiger partial charge in [-0.15, -0.1) is 0 Å². The van der Waals surface area contributed by atoms with E-state index in [0.717, 1.165) is 6.07 Å². The van der Waals surface area contributed by atoms with E-state index in [4.69, 9.17) is 20.8 Å². The normalized spacial score (nSPS) is 10.8. The second-order valence-corrected chi connectivity index (χ2v) is 6.65. The zero-order valence-corrected chi connectivity index (χ0v) is 17.3. The Morgan fingerprint density at radius 1 is 1.25 bits per heavy atom. The van der Waals surface area contributed by atoms with Gasteiger partial charge in [0.15, 0.2) is 0 Å². The van der Waals surface area contributed by atoms with Crippen LogP contribution < -0.4 is 5.43 Å². The highest BCUT2D eigenvalue weighted by Crippen LogP contribution is 2.29. The van der Waals surface area contributed by atoms with Crippen molar-refractivity contribution in [3.63, 3.8) is 0 Å². The Morgan fingerprint density at radius 2 is 2.03 bits per heavy atom. The van der Waals surface area contributed by atoms with Crippen molar-refractivity contribution in [2.75, 3.05) is 6.61 Å². The molecule has 0 fully saturated rings. The van der Waals surface area contributed by atoms with Crippen LogP contribution in [0.5, 0.6) is 5.75 Å². The van der Waals surface area contributed by atoms with Gasteiger partial charge in [0.05, 0.1) is 33.9 Å². The van der Waals surface area contributed by atoms with Crippen LogP contribution in [0.3, 0.4) is 0 Å². The number of amides is 1. The summed E-state index contributed by atoms with van der Waals surface area (Å²) in [6.07, 6.45) is 1.21. The number of esters is 1. The van der Waals surface area contributed by atoms with E-state index in [1.807, 2.05) is 0 Å². The molecule has 0 aliphatic rings. The molecule has 164 valence electrons. The van der Waals surface area contributed by atoms with E-state index in [9.17, 15) is 24.8 Å². The molecule has 0 spiro atoms. The molecule has 10 nitrogen and oxygen atoms in total. The van der Waals surface area contributed by atoms with E-state index in [2.05, 4.69) is 10.5 Å². The predicted molar refractivity (Wildman–Crippen MR) is 115 cm³/mol. The molecule has 3 aromatic rings. The number of furan rings is 1. The Labute approximate surface area is 186 Å². The van der Waals surface area contributed by atoms with Crippen molar-refractivity contribution in [2.45, 2.75) is 6.92 Å². The number of nitro benzene ring substituents is 1. The molecular formula is C21H16ClN3O7. The maximum absolute atomic E-state index is 12.1. The predicted octanol–water partition coefficient (Wildman–Crippen LogP) is 4.15. The third kappa shape index (κ3) is 4.93. The van der Waals surface area contributed by atoms with Gasteiger partial charge in [-0.1, -0.05) is 17.7 Å². The molecule has 1 amide bonds. The number of phenolic OH excluding ortho intramolecular Hbond substituents is 1. The number of ether oxygens (including phenoxy) is 1. The van der Waals surface area contributed by atoms with Gasteiger partial charge in [0.1, 0.15) is 11.5 Å². The fourth-order valence-corrected chi connectivity index (χ4v) is 2.89. The standard InChI is InChI=1S/C21H16ClN3O7/c1-2-31-21(28)15-10-12(6-8-16(15)22)18-9-7-13(32-18)11-23-24-20(27)14-4-3-5-17(19(14)26)25(29)30/h3-11,26H,2H2,1H3,(H,24,27)/b23-11-. The van der Waals surface area contributed by atoms with Gasteiger partial charge in [-0.3, -0.25) is 14.9 Å². The Morgan fingerprint density at radius 3 is 2.75 bits per heavy atom. The monoisotopic (exact) mass is 457 g/mol. The number of carbonyl (C=O) groups excluding carboxylic acids is 2. The summed E-state index contributed by atoms with van der Waals surface area (Å²) in [6, 6.07) is 11.5. The molecule has 2 aromatic carbocycles. The second-order valence-electron chi connectivity index (χ2n) is 6.25. The highest BCUT2D eigenvalue weighted by atomic mass is 35.5. The van der Waals surface area contributed by atoms with Crippen LogP contribution in [0.15, 0.2) is 58.0 Å². The number of hydrogen-bond acceptors (Lipinski definition) is 8. The van der Waals surface area contributed by atoms with Crippen LogP contribution in [-0.4, -0.2) is 34.7 Å². The van der Waals surface area contributed by atoms with Crippen LogP contribution >= 0.6 is 11.6 Å². The van der Waals surface area contributed by atoms with Gasteiger partial charge in [0, 0.05) is 11.6 Å². The van der Waals surface area contributed by atoms with Crippen LogP contribution in [0, 0.1) is 10.1 Å². The topological polar surface area (TPSA) is 144 Å². The van der Waals surface area contributed by atoms with Gasteiger partial charge >= 0.3 is 11.7 Å². The van der Waals surface area contributed by atoms with E-state index in [1.54, 1.807) is 31.2 Å². The SMILES string of the molecule is CCOC(=O)c1cc(-c2ccc(/C=N\NC(=O)c3cccc([N+](=O)[O-])c3O)o2)ccc1Cl. The average Bonchev–Trinajstić information content (AvgIpc) is 3.23. The van der Waals surface area contributed by atoms with Gasteiger partial charge in [-0.05, 0) is 43.3 Å². The second kappa shape index (κ2) is 9.75. The minimum atomic E-state index is -0.842. The summed E-state index contributed by atoms with van der Waals surface area (Å²) in [5, 5.41) is 24.7. The Kier molecular flexibility index (Phi) is 6.86. The fourth-order valence-electron chi connectivity index (χ4n) is 2.70. The maximum atomic E-state index is 12.1. The first-order chi connectivity index (χ1) is 15.3. The lowest BCUT2D eigenvalue weighted by molar-refractivity contribution is -0.385. The van der Waals surface area contributed by atoms with E-state index >= 15 is 0 Å². The number of nitro groups is 1. The molecule has 0 bridgehead atoms. The van der Waals surface area contributed by atoms with Crippen molar-refractivity contribution in [3.8, 4) is 17.1 Å². The lowest BCUT2D eigenvalue weighted by Gasteiger charge is -2.05. The van der Waals surface area contributed by atoms with E-state index in [1.165, 1.54) is 24.4 Å². The van der Waals surface area contributed by atoms with Gasteiger partial charge in [-0.25, -0.2) is 10.2 Å². The smallest absolute Gasteiger partial charge is 0.339 e. The number of phenols is 1. The summed E-state index contributed by atoms with van der Waals surface area (Å²) in [6.45, 7) is 1.90. The van der Waals surface area contributed by atoms with Crippen molar-refractivity contribution in [2.24, 2.45) is 5.10 Å². The fraction of sp³-hybridized carbons (Fsp3) is 0.0952. The number of nitrogens with zero attached hydrogens (tertiary/aromatic N) is 2. The molecule has 0 radical (unpaired) electrons. The van der Waals surface area contributed by atoms with E-state index < -0.39 is 28.2 Å². The highest BCUT2D eigenvalue weighted by Gasteiger charge is 2.20. The first kappa shape index (κ1) is 22.5. The average molecular weight is 458 g/mol. The molecule has 1 aromatic heterocycles. The van der Waals surface area contributed by atoms with Crippen molar-refractivity contribution in [3.05, 3.63) is 80.6 Å².